The molecule has 3 aromatic rings. The molecule has 1 saturated carbocycles. The fourth-order valence-corrected chi connectivity index (χ4v) is 3.85. The van der Waals surface area contributed by atoms with Crippen LogP contribution in [0.4, 0.5) is 5.82 Å². The second-order valence-corrected chi connectivity index (χ2v) is 7.31. The molecule has 144 valence electrons. The van der Waals surface area contributed by atoms with Gasteiger partial charge in [-0.1, -0.05) is 0 Å². The molecule has 8 heteroatoms. The van der Waals surface area contributed by atoms with Crippen molar-refractivity contribution in [1.82, 2.24) is 19.9 Å². The maximum atomic E-state index is 12.6. The number of nitrogens with zero attached hydrogens (tertiary/aromatic N) is 4. The van der Waals surface area contributed by atoms with Crippen LogP contribution in [0.15, 0.2) is 41.5 Å². The summed E-state index contributed by atoms with van der Waals surface area (Å²) in [6.45, 7) is 3.51. The summed E-state index contributed by atoms with van der Waals surface area (Å²) in [4.78, 5) is 27.7. The summed E-state index contributed by atoms with van der Waals surface area (Å²) in [5, 5.41) is 4.80. The number of pyridine rings is 2. The van der Waals surface area contributed by atoms with Crippen molar-refractivity contribution in [2.24, 2.45) is 5.92 Å². The third-order valence-electron chi connectivity index (χ3n) is 5.59. The number of oxazole rings is 1. The third kappa shape index (κ3) is 3.36. The molecule has 0 radical (unpaired) electrons. The van der Waals surface area contributed by atoms with Gasteiger partial charge in [0.05, 0.1) is 19.4 Å². The number of carbonyl (C=O) groups is 1. The number of rotatable bonds is 4. The molecule has 1 saturated heterocycles. The smallest absolute Gasteiger partial charge is 0.228 e. The van der Waals surface area contributed by atoms with Gasteiger partial charge in [-0.05, 0) is 30.4 Å². The van der Waals surface area contributed by atoms with Crippen LogP contribution in [-0.4, -0.2) is 58.1 Å². The van der Waals surface area contributed by atoms with E-state index in [1.54, 1.807) is 18.6 Å². The standard InChI is InChI=1S/C20H21N5O3/c26-20(14-5-16(6-14)25-1-3-27-4-2-25)24-19-8-13-7-17(18-11-21-12-28-18)22-9-15(13)10-23-19/h7-12,14,16H,1-6H2,(H,23,24,26). The molecule has 0 unspecified atom stereocenters. The van der Waals surface area contributed by atoms with Gasteiger partial charge in [0.1, 0.15) is 11.5 Å². The lowest BCUT2D eigenvalue weighted by Crippen LogP contribution is -2.52. The molecule has 8 nitrogen and oxygen atoms in total. The van der Waals surface area contributed by atoms with Crippen molar-refractivity contribution in [1.29, 1.82) is 0 Å². The Bertz CT molecular complexity index is 979. The summed E-state index contributed by atoms with van der Waals surface area (Å²) in [5.74, 6) is 1.25. The normalized spacial score (nSPS) is 22.7. The van der Waals surface area contributed by atoms with Gasteiger partial charge in [-0.15, -0.1) is 0 Å². The van der Waals surface area contributed by atoms with Gasteiger partial charge in [0.15, 0.2) is 12.2 Å². The summed E-state index contributed by atoms with van der Waals surface area (Å²) < 4.78 is 10.7. The molecule has 0 bridgehead atoms. The highest BCUT2D eigenvalue weighted by atomic mass is 16.5. The summed E-state index contributed by atoms with van der Waals surface area (Å²) in [6, 6.07) is 4.28. The molecule has 0 spiro atoms. The van der Waals surface area contributed by atoms with Crippen LogP contribution in [-0.2, 0) is 9.53 Å². The number of amides is 1. The number of hydrogen-bond donors (Lipinski definition) is 1. The molecule has 28 heavy (non-hydrogen) atoms. The lowest BCUT2D eigenvalue weighted by Gasteiger charge is -2.43. The first-order chi connectivity index (χ1) is 13.8. The number of fused-ring (bicyclic) bond motifs is 1. The van der Waals surface area contributed by atoms with Crippen LogP contribution in [0.1, 0.15) is 12.8 Å². The van der Waals surface area contributed by atoms with Crippen LogP contribution in [0.25, 0.3) is 22.2 Å². The second-order valence-electron chi connectivity index (χ2n) is 7.31. The van der Waals surface area contributed by atoms with E-state index in [0.29, 0.717) is 23.3 Å². The zero-order valence-corrected chi connectivity index (χ0v) is 15.4. The Labute approximate surface area is 161 Å². The largest absolute Gasteiger partial charge is 0.442 e. The van der Waals surface area contributed by atoms with E-state index < -0.39 is 0 Å². The molecule has 1 aliphatic heterocycles. The number of hydrogen-bond acceptors (Lipinski definition) is 7. The van der Waals surface area contributed by atoms with E-state index in [1.165, 1.54) is 6.39 Å². The summed E-state index contributed by atoms with van der Waals surface area (Å²) in [7, 11) is 0. The molecule has 4 heterocycles. The molecular formula is C20H21N5O3. The SMILES string of the molecule is O=C(Nc1cc2cc(-c3cnco3)ncc2cn1)C1CC(N2CCOCC2)C1. The first kappa shape index (κ1) is 17.3. The van der Waals surface area contributed by atoms with Crippen molar-refractivity contribution in [2.75, 3.05) is 31.6 Å². The molecule has 2 fully saturated rings. The fourth-order valence-electron chi connectivity index (χ4n) is 3.85. The first-order valence-electron chi connectivity index (χ1n) is 9.53. The summed E-state index contributed by atoms with van der Waals surface area (Å²) in [5.41, 5.74) is 0.695. The molecule has 0 atom stereocenters. The lowest BCUT2D eigenvalue weighted by atomic mass is 9.78. The van der Waals surface area contributed by atoms with Crippen molar-refractivity contribution in [2.45, 2.75) is 18.9 Å². The topological polar surface area (TPSA) is 93.4 Å². The highest BCUT2D eigenvalue weighted by Crippen LogP contribution is 2.33. The Kier molecular flexibility index (Phi) is 4.50. The Morgan fingerprint density at radius 1 is 1.07 bits per heavy atom. The average molecular weight is 379 g/mol. The van der Waals surface area contributed by atoms with Crippen LogP contribution in [0, 0.1) is 5.92 Å². The maximum Gasteiger partial charge on any atom is 0.228 e. The van der Waals surface area contributed by atoms with Crippen LogP contribution < -0.4 is 5.32 Å². The van der Waals surface area contributed by atoms with Crippen LogP contribution >= 0.6 is 0 Å². The molecule has 3 aromatic heterocycles. The van der Waals surface area contributed by atoms with Gasteiger partial charge in [-0.25, -0.2) is 9.97 Å². The summed E-state index contributed by atoms with van der Waals surface area (Å²) in [6.07, 6.45) is 8.27. The first-order valence-corrected chi connectivity index (χ1v) is 9.53. The Balaban J connectivity index is 1.25. The third-order valence-corrected chi connectivity index (χ3v) is 5.59. The number of ether oxygens (including phenoxy) is 1. The molecular weight excluding hydrogens is 358 g/mol. The molecule has 1 N–H and O–H groups in total. The lowest BCUT2D eigenvalue weighted by molar-refractivity contribution is -0.125. The predicted molar refractivity (Wildman–Crippen MR) is 103 cm³/mol. The highest BCUT2D eigenvalue weighted by Gasteiger charge is 2.38. The number of aromatic nitrogens is 3. The second kappa shape index (κ2) is 7.29. The predicted octanol–water partition coefficient (Wildman–Crippen LogP) is 2.33. The van der Waals surface area contributed by atoms with Crippen molar-refractivity contribution in [3.63, 3.8) is 0 Å². The van der Waals surface area contributed by atoms with E-state index in [4.69, 9.17) is 9.15 Å². The molecule has 5 rings (SSSR count). The number of nitrogens with one attached hydrogen (secondary N) is 1. The minimum absolute atomic E-state index is 0.0425. The minimum atomic E-state index is 0.0425. The van der Waals surface area contributed by atoms with E-state index in [-0.39, 0.29) is 11.8 Å². The van der Waals surface area contributed by atoms with Gasteiger partial charge in [-0.2, -0.15) is 0 Å². The minimum Gasteiger partial charge on any atom is -0.442 e. The van der Waals surface area contributed by atoms with Crippen molar-refractivity contribution < 1.29 is 13.9 Å². The zero-order valence-electron chi connectivity index (χ0n) is 15.4. The van der Waals surface area contributed by atoms with Gasteiger partial charge in [-0.3, -0.25) is 14.7 Å². The Hall–Kier alpha value is -2.84. The molecule has 1 aliphatic carbocycles. The Morgan fingerprint density at radius 3 is 2.68 bits per heavy atom. The van der Waals surface area contributed by atoms with E-state index in [2.05, 4.69) is 25.2 Å². The van der Waals surface area contributed by atoms with Gasteiger partial charge < -0.3 is 14.5 Å². The highest BCUT2D eigenvalue weighted by molar-refractivity contribution is 5.95. The fraction of sp³-hybridized carbons (Fsp3) is 0.400. The van der Waals surface area contributed by atoms with Gasteiger partial charge in [0.2, 0.25) is 5.91 Å². The maximum absolute atomic E-state index is 12.6. The summed E-state index contributed by atoms with van der Waals surface area (Å²) >= 11 is 0. The molecule has 0 aromatic carbocycles. The number of morpholine rings is 1. The van der Waals surface area contributed by atoms with E-state index in [1.807, 2.05) is 12.1 Å². The molecule has 2 aliphatic rings. The van der Waals surface area contributed by atoms with Gasteiger partial charge in [0, 0.05) is 42.8 Å². The number of carbonyl (C=O) groups excluding carboxylic acids is 1. The van der Waals surface area contributed by atoms with Crippen molar-refractivity contribution in [3.8, 4) is 11.5 Å². The average Bonchev–Trinajstić information content (AvgIpc) is 3.22. The van der Waals surface area contributed by atoms with Crippen LogP contribution in [0.2, 0.25) is 0 Å². The van der Waals surface area contributed by atoms with E-state index in [0.717, 1.165) is 49.9 Å². The van der Waals surface area contributed by atoms with Crippen LogP contribution in [0.5, 0.6) is 0 Å². The quantitative estimate of drug-likeness (QED) is 0.743. The monoisotopic (exact) mass is 379 g/mol. The zero-order chi connectivity index (χ0) is 18.9. The van der Waals surface area contributed by atoms with E-state index in [9.17, 15) is 4.79 Å². The van der Waals surface area contributed by atoms with Crippen LogP contribution in [0.3, 0.4) is 0 Å². The van der Waals surface area contributed by atoms with E-state index >= 15 is 0 Å². The number of anilines is 1. The van der Waals surface area contributed by atoms with Gasteiger partial charge in [0.25, 0.3) is 0 Å². The molecule has 1 amide bonds. The Morgan fingerprint density at radius 2 is 1.89 bits per heavy atom. The van der Waals surface area contributed by atoms with Crippen molar-refractivity contribution in [3.05, 3.63) is 37.1 Å². The van der Waals surface area contributed by atoms with Crippen molar-refractivity contribution >= 4 is 22.5 Å². The van der Waals surface area contributed by atoms with Gasteiger partial charge >= 0.3 is 0 Å².